The monoisotopic (exact) mass is 311 g/mol. The van der Waals surface area contributed by atoms with E-state index in [0.29, 0.717) is 24.3 Å². The minimum absolute atomic E-state index is 0.175. The van der Waals surface area contributed by atoms with E-state index < -0.39 is 27.3 Å². The summed E-state index contributed by atoms with van der Waals surface area (Å²) in [4.78, 5) is 11.2. The first-order valence-corrected chi connectivity index (χ1v) is 8.50. The summed E-state index contributed by atoms with van der Waals surface area (Å²) in [5, 5.41) is 8.75. The van der Waals surface area contributed by atoms with Crippen LogP contribution in [0.2, 0.25) is 0 Å². The van der Waals surface area contributed by atoms with Crippen LogP contribution in [0.5, 0.6) is 5.75 Å². The summed E-state index contributed by atoms with van der Waals surface area (Å²) in [5.74, 6) is -0.853. The van der Waals surface area contributed by atoms with E-state index in [-0.39, 0.29) is 6.54 Å². The highest BCUT2D eigenvalue weighted by Gasteiger charge is 2.41. The molecule has 1 N–H and O–H groups in total. The van der Waals surface area contributed by atoms with E-state index in [9.17, 15) is 13.2 Å². The highest BCUT2D eigenvalue weighted by atomic mass is 32.2. The van der Waals surface area contributed by atoms with Crippen molar-refractivity contribution in [3.8, 4) is 5.75 Å². The summed E-state index contributed by atoms with van der Waals surface area (Å²) in [6.45, 7) is -0.175. The molecule has 1 atom stereocenters. The van der Waals surface area contributed by atoms with Gasteiger partial charge in [0.25, 0.3) is 0 Å². The Morgan fingerprint density at radius 2 is 1.90 bits per heavy atom. The molecule has 1 unspecified atom stereocenters. The number of carboxylic acid groups (broad SMARTS) is 1. The molecule has 1 aromatic carbocycles. The molecule has 1 aliphatic heterocycles. The second-order valence-corrected chi connectivity index (χ2v) is 7.53. The minimum atomic E-state index is -3.55. The number of hydrogen-bond donors (Lipinski definition) is 1. The zero-order chi connectivity index (χ0) is 15.0. The lowest BCUT2D eigenvalue weighted by atomic mass is 10.2. The molecule has 2 aliphatic rings. The lowest BCUT2D eigenvalue weighted by Crippen LogP contribution is -2.49. The van der Waals surface area contributed by atoms with Gasteiger partial charge in [-0.2, -0.15) is 0 Å². The van der Waals surface area contributed by atoms with E-state index in [1.54, 1.807) is 24.3 Å². The zero-order valence-corrected chi connectivity index (χ0v) is 12.3. The van der Waals surface area contributed by atoms with Crippen molar-refractivity contribution in [2.24, 2.45) is 0 Å². The van der Waals surface area contributed by atoms with Crippen molar-refractivity contribution in [2.75, 3.05) is 10.8 Å². The smallest absolute Gasteiger partial charge is 0.346 e. The number of ether oxygens (including phenoxy) is 1. The molecule has 7 heteroatoms. The van der Waals surface area contributed by atoms with Crippen LogP contribution in [0.3, 0.4) is 0 Å². The molecule has 6 nitrogen and oxygen atoms in total. The third-order valence-electron chi connectivity index (χ3n) is 4.04. The third kappa shape index (κ3) is 2.46. The van der Waals surface area contributed by atoms with Gasteiger partial charge < -0.3 is 9.84 Å². The highest BCUT2D eigenvalue weighted by Crippen LogP contribution is 2.38. The average Bonchev–Trinajstić information content (AvgIpc) is 3.00. The molecule has 0 amide bonds. The van der Waals surface area contributed by atoms with Gasteiger partial charge in [-0.3, -0.25) is 4.31 Å². The molecular weight excluding hydrogens is 294 g/mol. The van der Waals surface area contributed by atoms with Gasteiger partial charge in [0.15, 0.2) is 0 Å². The number of rotatable bonds is 3. The van der Waals surface area contributed by atoms with Crippen molar-refractivity contribution < 1.29 is 23.1 Å². The maximum Gasteiger partial charge on any atom is 0.346 e. The Morgan fingerprint density at radius 1 is 1.24 bits per heavy atom. The fourth-order valence-corrected chi connectivity index (χ4v) is 5.00. The zero-order valence-electron chi connectivity index (χ0n) is 11.4. The molecule has 0 spiro atoms. The number of carboxylic acids is 1. The molecule has 1 aliphatic carbocycles. The predicted octanol–water partition coefficient (Wildman–Crippen LogP) is 1.61. The van der Waals surface area contributed by atoms with Crippen LogP contribution in [-0.2, 0) is 14.8 Å². The predicted molar refractivity (Wildman–Crippen MR) is 77.0 cm³/mol. The summed E-state index contributed by atoms with van der Waals surface area (Å²) in [6.07, 6.45) is 1.91. The first-order chi connectivity index (χ1) is 10.00. The largest absolute Gasteiger partial charge is 0.478 e. The number of carbonyl (C=O) groups is 1. The fraction of sp³-hybridized carbons (Fsp3) is 0.500. The quantitative estimate of drug-likeness (QED) is 0.917. The van der Waals surface area contributed by atoms with Crippen molar-refractivity contribution in [2.45, 2.75) is 37.0 Å². The SMILES string of the molecule is O=C(O)C1CN(S(=O)(=O)C2CCCC2)c2ccccc2O1. The van der Waals surface area contributed by atoms with Crippen LogP contribution < -0.4 is 9.04 Å². The Morgan fingerprint density at radius 3 is 2.57 bits per heavy atom. The lowest BCUT2D eigenvalue weighted by molar-refractivity contribution is -0.144. The number of nitrogens with zero attached hydrogens (tertiary/aromatic N) is 1. The van der Waals surface area contributed by atoms with Gasteiger partial charge >= 0.3 is 5.97 Å². The minimum Gasteiger partial charge on any atom is -0.478 e. The Bertz CT molecular complexity index is 651. The summed E-state index contributed by atoms with van der Waals surface area (Å²) in [5.41, 5.74) is 0.432. The van der Waals surface area contributed by atoms with Gasteiger partial charge in [0.1, 0.15) is 5.75 Å². The van der Waals surface area contributed by atoms with Gasteiger partial charge in [-0.15, -0.1) is 0 Å². The van der Waals surface area contributed by atoms with Crippen LogP contribution in [0.4, 0.5) is 5.69 Å². The second kappa shape index (κ2) is 5.22. The van der Waals surface area contributed by atoms with Gasteiger partial charge in [0, 0.05) is 0 Å². The Kier molecular flexibility index (Phi) is 3.52. The third-order valence-corrected chi connectivity index (χ3v) is 6.31. The Balaban J connectivity index is 2.02. The molecule has 3 rings (SSSR count). The molecule has 0 saturated heterocycles. The lowest BCUT2D eigenvalue weighted by Gasteiger charge is -2.35. The molecule has 0 radical (unpaired) electrons. The second-order valence-electron chi connectivity index (χ2n) is 5.39. The average molecular weight is 311 g/mol. The Labute approximate surface area is 123 Å². The van der Waals surface area contributed by atoms with Crippen LogP contribution in [0.15, 0.2) is 24.3 Å². The van der Waals surface area contributed by atoms with Gasteiger partial charge in [0.2, 0.25) is 16.1 Å². The summed E-state index contributed by atoms with van der Waals surface area (Å²) >= 11 is 0. The van der Waals surface area contributed by atoms with Gasteiger partial charge in [-0.05, 0) is 25.0 Å². The van der Waals surface area contributed by atoms with E-state index in [2.05, 4.69) is 0 Å². The normalized spacial score (nSPS) is 22.7. The van der Waals surface area contributed by atoms with Crippen molar-refractivity contribution >= 4 is 21.7 Å². The number of anilines is 1. The van der Waals surface area contributed by atoms with Crippen LogP contribution in [0, 0.1) is 0 Å². The first-order valence-electron chi connectivity index (χ1n) is 7.00. The molecule has 21 heavy (non-hydrogen) atoms. The van der Waals surface area contributed by atoms with Gasteiger partial charge in [-0.1, -0.05) is 25.0 Å². The maximum absolute atomic E-state index is 12.8. The fourth-order valence-electron chi connectivity index (χ4n) is 2.94. The van der Waals surface area contributed by atoms with Crippen LogP contribution in [0.25, 0.3) is 0 Å². The summed E-state index contributed by atoms with van der Waals surface area (Å²) in [6, 6.07) is 6.67. The van der Waals surface area contributed by atoms with Crippen molar-refractivity contribution in [1.29, 1.82) is 0 Å². The van der Waals surface area contributed by atoms with Crippen molar-refractivity contribution in [3.05, 3.63) is 24.3 Å². The number of benzene rings is 1. The van der Waals surface area contributed by atoms with Crippen LogP contribution in [0.1, 0.15) is 25.7 Å². The summed E-state index contributed by atoms with van der Waals surface area (Å²) < 4.78 is 32.2. The molecule has 0 aromatic heterocycles. The van der Waals surface area contributed by atoms with Crippen LogP contribution >= 0.6 is 0 Å². The standard InChI is InChI=1S/C14H17NO5S/c16-14(17)13-9-15(11-7-3-4-8-12(11)20-13)21(18,19)10-5-1-2-6-10/h3-4,7-8,10,13H,1-2,5-6,9H2,(H,16,17). The molecule has 1 aromatic rings. The van der Waals surface area contributed by atoms with Crippen LogP contribution in [-0.4, -0.2) is 37.4 Å². The molecule has 1 fully saturated rings. The Hall–Kier alpha value is -1.76. The maximum atomic E-state index is 12.8. The molecule has 1 heterocycles. The molecule has 114 valence electrons. The van der Waals surface area contributed by atoms with E-state index in [0.717, 1.165) is 12.8 Å². The number of sulfonamides is 1. The number of para-hydroxylation sites is 2. The van der Waals surface area contributed by atoms with E-state index in [1.165, 1.54) is 4.31 Å². The van der Waals surface area contributed by atoms with E-state index in [4.69, 9.17) is 9.84 Å². The first kappa shape index (κ1) is 14.2. The van der Waals surface area contributed by atoms with Crippen molar-refractivity contribution in [3.63, 3.8) is 0 Å². The van der Waals surface area contributed by atoms with Crippen molar-refractivity contribution in [1.82, 2.24) is 0 Å². The molecule has 1 saturated carbocycles. The van der Waals surface area contributed by atoms with Gasteiger partial charge in [-0.25, -0.2) is 13.2 Å². The number of hydrogen-bond acceptors (Lipinski definition) is 4. The topological polar surface area (TPSA) is 83.9 Å². The number of aliphatic carboxylic acids is 1. The summed E-state index contributed by atoms with van der Waals surface area (Å²) in [7, 11) is -3.55. The van der Waals surface area contributed by atoms with E-state index in [1.807, 2.05) is 0 Å². The highest BCUT2D eigenvalue weighted by molar-refractivity contribution is 7.93. The van der Waals surface area contributed by atoms with E-state index >= 15 is 0 Å². The number of fused-ring (bicyclic) bond motifs is 1. The van der Waals surface area contributed by atoms with Gasteiger partial charge in [0.05, 0.1) is 17.5 Å². The molecule has 0 bridgehead atoms. The molecular formula is C14H17NO5S.